The van der Waals surface area contributed by atoms with Crippen molar-refractivity contribution in [1.82, 2.24) is 0 Å². The second-order valence-corrected chi connectivity index (χ2v) is 3.74. The van der Waals surface area contributed by atoms with Crippen LogP contribution in [0.4, 0.5) is 5.69 Å². The Bertz CT molecular complexity index is 357. The van der Waals surface area contributed by atoms with Crippen LogP contribution >= 0.6 is 0 Å². The summed E-state index contributed by atoms with van der Waals surface area (Å²) in [5.41, 5.74) is 2.37. The maximum absolute atomic E-state index is 8.81. The van der Waals surface area contributed by atoms with Crippen LogP contribution in [0.1, 0.15) is 5.56 Å². The zero-order chi connectivity index (χ0) is 11.2. The fraction of sp³-hybridized carbons (Fsp3) is 0.385. The number of rotatable bonds is 3. The molecule has 1 heterocycles. The van der Waals surface area contributed by atoms with Crippen LogP contribution in [0.15, 0.2) is 30.3 Å². The van der Waals surface area contributed by atoms with Gasteiger partial charge in [0.05, 0.1) is 19.8 Å². The van der Waals surface area contributed by atoms with Gasteiger partial charge in [0.1, 0.15) is 0 Å². The lowest BCUT2D eigenvalue weighted by Gasteiger charge is -2.30. The molecule has 1 fully saturated rings. The Morgan fingerprint density at radius 2 is 2.00 bits per heavy atom. The number of hydrogen-bond acceptors (Lipinski definition) is 3. The highest BCUT2D eigenvalue weighted by Crippen LogP contribution is 2.22. The second-order valence-electron chi connectivity index (χ2n) is 3.74. The molecule has 0 aliphatic carbocycles. The molecule has 3 nitrogen and oxygen atoms in total. The topological polar surface area (TPSA) is 32.7 Å². The quantitative estimate of drug-likeness (QED) is 0.836. The van der Waals surface area contributed by atoms with E-state index in [1.165, 1.54) is 5.69 Å². The molecule has 0 atom stereocenters. The van der Waals surface area contributed by atoms with Gasteiger partial charge in [0.15, 0.2) is 0 Å². The van der Waals surface area contributed by atoms with Crippen molar-refractivity contribution < 1.29 is 9.84 Å². The number of morpholine rings is 1. The van der Waals surface area contributed by atoms with Gasteiger partial charge in [-0.3, -0.25) is 0 Å². The van der Waals surface area contributed by atoms with Crippen LogP contribution in [0.5, 0.6) is 0 Å². The van der Waals surface area contributed by atoms with E-state index in [4.69, 9.17) is 9.84 Å². The summed E-state index contributed by atoms with van der Waals surface area (Å²) >= 11 is 0. The number of hydrogen-bond donors (Lipinski definition) is 1. The molecule has 1 aliphatic heterocycles. The number of para-hydroxylation sites is 1. The van der Waals surface area contributed by atoms with Gasteiger partial charge in [-0.05, 0) is 11.6 Å². The van der Waals surface area contributed by atoms with Crippen molar-refractivity contribution in [3.8, 4) is 0 Å². The van der Waals surface area contributed by atoms with E-state index in [0.717, 1.165) is 31.9 Å². The Balaban J connectivity index is 2.20. The van der Waals surface area contributed by atoms with Crippen LogP contribution < -0.4 is 4.90 Å². The molecule has 1 aromatic carbocycles. The van der Waals surface area contributed by atoms with Gasteiger partial charge < -0.3 is 14.7 Å². The summed E-state index contributed by atoms with van der Waals surface area (Å²) in [5.74, 6) is 0. The average molecular weight is 219 g/mol. The largest absolute Gasteiger partial charge is 0.392 e. The number of anilines is 1. The molecule has 1 saturated heterocycles. The smallest absolute Gasteiger partial charge is 0.0642 e. The van der Waals surface area contributed by atoms with Gasteiger partial charge in [-0.2, -0.15) is 0 Å². The van der Waals surface area contributed by atoms with Crippen LogP contribution in [0.3, 0.4) is 0 Å². The molecule has 0 radical (unpaired) electrons. The molecule has 1 N–H and O–H groups in total. The predicted octanol–water partition coefficient (Wildman–Crippen LogP) is 1.53. The molecular weight excluding hydrogens is 202 g/mol. The summed E-state index contributed by atoms with van der Waals surface area (Å²) in [7, 11) is 0. The first-order chi connectivity index (χ1) is 7.92. The fourth-order valence-electron chi connectivity index (χ4n) is 1.90. The summed E-state index contributed by atoms with van der Waals surface area (Å²) in [6.07, 6.45) is 3.73. The number of benzene rings is 1. The molecule has 0 amide bonds. The average Bonchev–Trinajstić information content (AvgIpc) is 2.38. The molecule has 0 unspecified atom stereocenters. The SMILES string of the molecule is OC/C=C/c1ccccc1N1CCOCC1. The van der Waals surface area contributed by atoms with E-state index in [0.29, 0.717) is 0 Å². The van der Waals surface area contributed by atoms with Gasteiger partial charge >= 0.3 is 0 Å². The van der Waals surface area contributed by atoms with Gasteiger partial charge in [-0.1, -0.05) is 30.4 Å². The predicted molar refractivity (Wildman–Crippen MR) is 65.6 cm³/mol. The Kier molecular flexibility index (Phi) is 3.97. The van der Waals surface area contributed by atoms with Crippen LogP contribution in [-0.2, 0) is 4.74 Å². The summed E-state index contributed by atoms with van der Waals surface area (Å²) in [6.45, 7) is 3.53. The van der Waals surface area contributed by atoms with Gasteiger partial charge in [-0.25, -0.2) is 0 Å². The first-order valence-corrected chi connectivity index (χ1v) is 5.61. The number of nitrogens with zero attached hydrogens (tertiary/aromatic N) is 1. The number of aliphatic hydroxyl groups is 1. The third-order valence-electron chi connectivity index (χ3n) is 2.69. The third-order valence-corrected chi connectivity index (χ3v) is 2.69. The minimum Gasteiger partial charge on any atom is -0.392 e. The Labute approximate surface area is 96.0 Å². The van der Waals surface area contributed by atoms with Crippen molar-refractivity contribution in [1.29, 1.82) is 0 Å². The third kappa shape index (κ3) is 2.62. The van der Waals surface area contributed by atoms with E-state index in [1.807, 2.05) is 18.2 Å². The summed E-state index contributed by atoms with van der Waals surface area (Å²) in [6, 6.07) is 8.24. The summed E-state index contributed by atoms with van der Waals surface area (Å²) < 4.78 is 5.34. The first kappa shape index (κ1) is 11.2. The van der Waals surface area contributed by atoms with Crippen LogP contribution in [0, 0.1) is 0 Å². The monoisotopic (exact) mass is 219 g/mol. The molecule has 0 aromatic heterocycles. The summed E-state index contributed by atoms with van der Waals surface area (Å²) in [5, 5.41) is 8.81. The number of aliphatic hydroxyl groups excluding tert-OH is 1. The van der Waals surface area contributed by atoms with E-state index >= 15 is 0 Å². The number of ether oxygens (including phenoxy) is 1. The van der Waals surface area contributed by atoms with E-state index in [1.54, 1.807) is 6.08 Å². The standard InChI is InChI=1S/C13H17NO2/c15-9-3-5-12-4-1-2-6-13(12)14-7-10-16-11-8-14/h1-6,15H,7-11H2/b5-3+. The molecule has 0 spiro atoms. The molecule has 0 saturated carbocycles. The van der Waals surface area contributed by atoms with E-state index < -0.39 is 0 Å². The van der Waals surface area contributed by atoms with Crippen molar-refractivity contribution in [3.05, 3.63) is 35.9 Å². The van der Waals surface area contributed by atoms with Gasteiger partial charge in [0, 0.05) is 18.8 Å². The molecule has 16 heavy (non-hydrogen) atoms. The van der Waals surface area contributed by atoms with Gasteiger partial charge in [-0.15, -0.1) is 0 Å². The lowest BCUT2D eigenvalue weighted by atomic mass is 10.1. The molecule has 2 rings (SSSR count). The Hall–Kier alpha value is -1.32. The van der Waals surface area contributed by atoms with Crippen molar-refractivity contribution in [3.63, 3.8) is 0 Å². The Morgan fingerprint density at radius 3 is 2.75 bits per heavy atom. The van der Waals surface area contributed by atoms with Crippen molar-refractivity contribution >= 4 is 11.8 Å². The molecule has 1 aliphatic rings. The van der Waals surface area contributed by atoms with Crippen molar-refractivity contribution in [2.24, 2.45) is 0 Å². The summed E-state index contributed by atoms with van der Waals surface area (Å²) in [4.78, 5) is 2.32. The lowest BCUT2D eigenvalue weighted by Crippen LogP contribution is -2.36. The normalized spacial score (nSPS) is 16.9. The van der Waals surface area contributed by atoms with Gasteiger partial charge in [0.25, 0.3) is 0 Å². The highest BCUT2D eigenvalue weighted by molar-refractivity contribution is 5.67. The zero-order valence-corrected chi connectivity index (χ0v) is 9.30. The molecule has 0 bridgehead atoms. The molecule has 3 heteroatoms. The molecule has 1 aromatic rings. The van der Waals surface area contributed by atoms with Crippen LogP contribution in [0.25, 0.3) is 6.08 Å². The van der Waals surface area contributed by atoms with Crippen LogP contribution in [0.2, 0.25) is 0 Å². The van der Waals surface area contributed by atoms with E-state index in [9.17, 15) is 0 Å². The minimum atomic E-state index is 0.0808. The maximum atomic E-state index is 8.81. The van der Waals surface area contributed by atoms with Gasteiger partial charge in [0.2, 0.25) is 0 Å². The maximum Gasteiger partial charge on any atom is 0.0642 e. The first-order valence-electron chi connectivity index (χ1n) is 5.61. The lowest BCUT2D eigenvalue weighted by molar-refractivity contribution is 0.122. The molecule has 86 valence electrons. The highest BCUT2D eigenvalue weighted by atomic mass is 16.5. The Morgan fingerprint density at radius 1 is 1.25 bits per heavy atom. The second kappa shape index (κ2) is 5.68. The minimum absolute atomic E-state index is 0.0808. The zero-order valence-electron chi connectivity index (χ0n) is 9.30. The molecular formula is C13H17NO2. The highest BCUT2D eigenvalue weighted by Gasteiger charge is 2.12. The van der Waals surface area contributed by atoms with E-state index in [-0.39, 0.29) is 6.61 Å². The fourth-order valence-corrected chi connectivity index (χ4v) is 1.90. The van der Waals surface area contributed by atoms with Crippen LogP contribution in [-0.4, -0.2) is 38.0 Å². The van der Waals surface area contributed by atoms with E-state index in [2.05, 4.69) is 17.0 Å². The van der Waals surface area contributed by atoms with Crippen molar-refractivity contribution in [2.45, 2.75) is 0 Å². The van der Waals surface area contributed by atoms with Crippen molar-refractivity contribution in [2.75, 3.05) is 37.8 Å².